The van der Waals surface area contributed by atoms with Crippen LogP contribution in [0.4, 0.5) is 17.8 Å². The van der Waals surface area contributed by atoms with E-state index in [0.29, 0.717) is 116 Å². The zero-order chi connectivity index (χ0) is 77.5. The third-order valence-electron chi connectivity index (χ3n) is 16.9. The highest BCUT2D eigenvalue weighted by molar-refractivity contribution is 5.50. The van der Waals surface area contributed by atoms with Crippen molar-refractivity contribution in [2.24, 2.45) is 0 Å². The van der Waals surface area contributed by atoms with Crippen molar-refractivity contribution in [3.63, 3.8) is 0 Å². The molecule has 0 radical (unpaired) electrons. The van der Waals surface area contributed by atoms with Crippen molar-refractivity contribution in [2.45, 2.75) is 392 Å². The van der Waals surface area contributed by atoms with E-state index in [1.807, 2.05) is 0 Å². The first-order valence-electron chi connectivity index (χ1n) is 43.0. The lowest BCUT2D eigenvalue weighted by molar-refractivity contribution is -0.455. The van der Waals surface area contributed by atoms with Crippen molar-refractivity contribution in [1.82, 2.24) is 15.0 Å². The van der Waals surface area contributed by atoms with Crippen LogP contribution in [-0.2, 0) is 85.3 Å². The van der Waals surface area contributed by atoms with Gasteiger partial charge in [0.1, 0.15) is 0 Å². The van der Waals surface area contributed by atoms with Gasteiger partial charge >= 0.3 is 36.6 Å². The smallest absolute Gasteiger partial charge is 0.309 e. The lowest BCUT2D eigenvalue weighted by atomic mass is 10.3. The number of aromatic nitrogens is 3. The van der Waals surface area contributed by atoms with Crippen molar-refractivity contribution in [3.8, 4) is 0 Å². The molecule has 0 saturated carbocycles. The van der Waals surface area contributed by atoms with E-state index in [-0.39, 0.29) is 137 Å². The number of unbranched alkanes of at least 4 members (excludes halogenated alkanes) is 18. The molecule has 24 heteroatoms. The van der Waals surface area contributed by atoms with Crippen molar-refractivity contribution < 1.29 is 85.3 Å². The Morgan fingerprint density at radius 3 is 0.295 bits per heavy atom. The zero-order valence-corrected chi connectivity index (χ0v) is 70.7. The number of hydrogen-bond acceptors (Lipinski definition) is 24. The first-order valence-corrected chi connectivity index (χ1v) is 43.0. The van der Waals surface area contributed by atoms with E-state index in [2.05, 4.69) is 125 Å². The molecule has 0 atom stereocenters. The topological polar surface area (TPSA) is 215 Å². The molecule has 0 spiro atoms. The molecule has 0 aliphatic heterocycles. The average Bonchev–Trinajstić information content (AvgIpc) is 0.723. The molecule has 0 N–H and O–H groups in total. The van der Waals surface area contributed by atoms with Gasteiger partial charge in [0.15, 0.2) is 0 Å². The van der Waals surface area contributed by atoms with E-state index in [1.54, 1.807) is 14.7 Å². The molecule has 0 saturated heterocycles. The molecule has 0 bridgehead atoms. The monoisotopic (exact) mass is 1510 g/mol. The van der Waals surface area contributed by atoms with Crippen LogP contribution < -0.4 is 14.7 Å². The minimum atomic E-state index is -2.34. The second-order valence-corrected chi connectivity index (χ2v) is 27.0. The van der Waals surface area contributed by atoms with Crippen molar-refractivity contribution in [3.05, 3.63) is 0 Å². The molecule has 1 heterocycles. The van der Waals surface area contributed by atoms with Gasteiger partial charge in [-0.25, -0.2) is 0 Å². The fraction of sp³-hybridized carbons (Fsp3) is 0.963. The molecule has 0 fully saturated rings. The van der Waals surface area contributed by atoms with Crippen LogP contribution in [-0.4, -0.2) is 170 Å². The van der Waals surface area contributed by atoms with Gasteiger partial charge in [0.25, 0.3) is 0 Å². The van der Waals surface area contributed by atoms with Gasteiger partial charge < -0.3 is 85.3 Å². The molecule has 1 aromatic heterocycles. The molecule has 1 rings (SSSR count). The standard InChI is InChI=1S/C81H162N6O18/c1-19-37-55-88-76(89-56-38-20-2,90-57-39-21-3)85(77(91-58-40-22-4,92-59-41-23-5)93-60-42-24-6)73-82-74(86(78(94-61-43-25-7,95-62-44-26-8)96-63-45-27-9)79(97-64-46-28-10,98-65-47-29-11)99-66-48-30-12)84-75(83-73)87(80(100-67-49-31-13,101-68-50-32-14)102-69-51-33-15)81(103-70-52-34-16,104-71-53-35-17)105-72-54-36-18/h19-72H2,1-18H3. The first-order chi connectivity index (χ1) is 51.3. The zero-order valence-electron chi connectivity index (χ0n) is 70.7. The van der Waals surface area contributed by atoms with Crippen LogP contribution >= 0.6 is 0 Å². The predicted octanol–water partition coefficient (Wildman–Crippen LogP) is 20.7. The van der Waals surface area contributed by atoms with Crippen LogP contribution in [0.1, 0.15) is 356 Å². The Kier molecular flexibility index (Phi) is 61.6. The summed E-state index contributed by atoms with van der Waals surface area (Å²) in [5.41, 5.74) is 0. The molecule has 0 aromatic carbocycles. The summed E-state index contributed by atoms with van der Waals surface area (Å²) < 4.78 is 135. The van der Waals surface area contributed by atoms with Crippen LogP contribution in [0.25, 0.3) is 0 Å². The highest BCUT2D eigenvalue weighted by Crippen LogP contribution is 2.46. The van der Waals surface area contributed by atoms with E-state index in [0.717, 1.165) is 116 Å². The molecule has 24 nitrogen and oxygen atoms in total. The quantitative estimate of drug-likeness (QED) is 0.0438. The summed E-state index contributed by atoms with van der Waals surface area (Å²) in [5, 5.41) is 0. The Morgan fingerprint density at radius 1 is 0.152 bits per heavy atom. The maximum absolute atomic E-state index is 7.48. The predicted molar refractivity (Wildman–Crippen MR) is 419 cm³/mol. The fourth-order valence-electron chi connectivity index (χ4n) is 10.0. The number of ether oxygens (including phenoxy) is 18. The summed E-state index contributed by atoms with van der Waals surface area (Å²) in [6.45, 7) is 40.5. The van der Waals surface area contributed by atoms with Crippen LogP contribution in [0.3, 0.4) is 0 Å². The average molecular weight is 1510 g/mol. The highest BCUT2D eigenvalue weighted by Gasteiger charge is 2.64. The maximum atomic E-state index is 7.48. The third-order valence-corrected chi connectivity index (χ3v) is 16.9. The van der Waals surface area contributed by atoms with E-state index in [4.69, 9.17) is 100 Å². The number of rotatable bonds is 81. The van der Waals surface area contributed by atoms with Gasteiger partial charge in [-0.3, -0.25) is 0 Å². The van der Waals surface area contributed by atoms with Gasteiger partial charge in [0.05, 0.1) is 119 Å². The Balaban J connectivity index is 6.62. The van der Waals surface area contributed by atoms with Crippen molar-refractivity contribution in [1.29, 1.82) is 0 Å². The number of nitrogens with zero attached hydrogens (tertiary/aromatic N) is 6. The highest BCUT2D eigenvalue weighted by atomic mass is 17.0. The SMILES string of the molecule is CCCCOC(OCCCC)(OCCCC)N(c1nc(N(C(OCCCC)(OCCCC)OCCCC)C(OCCCC)(OCCCC)OCCCC)nc(N(C(OCCCC)(OCCCC)OCCCC)C(OCCCC)(OCCCC)OCCCC)n1)C(OCCCC)(OCCCC)OCCCC. The van der Waals surface area contributed by atoms with Gasteiger partial charge in [-0.2, -0.15) is 29.7 Å². The minimum absolute atomic E-state index is 0.134. The Hall–Kier alpha value is -2.31. The summed E-state index contributed by atoms with van der Waals surface area (Å²) in [6, 6.07) is 0. The van der Waals surface area contributed by atoms with Crippen molar-refractivity contribution in [2.75, 3.05) is 134 Å². The molecular weight excluding hydrogens is 1340 g/mol. The summed E-state index contributed by atoms with van der Waals surface area (Å²) in [6.07, 6.45) is 10.6. The van der Waals surface area contributed by atoms with Gasteiger partial charge in [0.2, 0.25) is 17.8 Å². The van der Waals surface area contributed by atoms with E-state index in [1.165, 1.54) is 0 Å². The first kappa shape index (κ1) is 101. The summed E-state index contributed by atoms with van der Waals surface area (Å²) >= 11 is 0. The van der Waals surface area contributed by atoms with Gasteiger partial charge in [-0.05, 0) is 116 Å². The van der Waals surface area contributed by atoms with E-state index >= 15 is 0 Å². The lowest BCUT2D eigenvalue weighted by Gasteiger charge is -2.51. The Bertz CT molecular complexity index is 1590. The molecule has 0 aliphatic carbocycles. The molecule has 0 unspecified atom stereocenters. The van der Waals surface area contributed by atoms with E-state index in [9.17, 15) is 0 Å². The van der Waals surface area contributed by atoms with Gasteiger partial charge in [-0.15, -0.1) is 0 Å². The largest absolute Gasteiger partial charge is 0.385 e. The number of anilines is 3. The van der Waals surface area contributed by atoms with Gasteiger partial charge in [0, 0.05) is 0 Å². The van der Waals surface area contributed by atoms with Crippen LogP contribution in [0, 0.1) is 0 Å². The van der Waals surface area contributed by atoms with Crippen LogP contribution in [0.2, 0.25) is 0 Å². The van der Waals surface area contributed by atoms with Crippen molar-refractivity contribution >= 4 is 17.8 Å². The molecule has 0 aliphatic rings. The second kappa shape index (κ2) is 64.2. The summed E-state index contributed by atoms with van der Waals surface area (Å²) in [4.78, 5) is 22.5. The fourth-order valence-corrected chi connectivity index (χ4v) is 10.0. The maximum Gasteiger partial charge on any atom is 0.385 e. The number of hydrogen-bond donors (Lipinski definition) is 0. The Morgan fingerprint density at radius 2 is 0.229 bits per heavy atom. The minimum Gasteiger partial charge on any atom is -0.309 e. The summed E-state index contributed by atoms with van der Waals surface area (Å²) in [5.74, 6) is -0.702. The van der Waals surface area contributed by atoms with Crippen LogP contribution in [0.5, 0.6) is 0 Å². The molecule has 624 valence electrons. The van der Waals surface area contributed by atoms with Crippen LogP contribution in [0.15, 0.2) is 0 Å². The molecule has 1 aromatic rings. The molecule has 0 amide bonds. The second-order valence-electron chi connectivity index (χ2n) is 27.0. The third kappa shape index (κ3) is 36.8. The molecule has 105 heavy (non-hydrogen) atoms. The van der Waals surface area contributed by atoms with E-state index < -0.39 is 36.6 Å². The lowest BCUT2D eigenvalue weighted by Crippen LogP contribution is -2.71. The Labute approximate surface area is 641 Å². The summed E-state index contributed by atoms with van der Waals surface area (Å²) in [7, 11) is 0. The normalized spacial score (nSPS) is 12.7. The molecular formula is C81H162N6O18. The van der Waals surface area contributed by atoms with Gasteiger partial charge in [-0.1, -0.05) is 240 Å².